The average Bonchev–Trinajstić information content (AvgIpc) is 3.34. The zero-order valence-electron chi connectivity index (χ0n) is 19.9. The first kappa shape index (κ1) is 23.2. The van der Waals surface area contributed by atoms with Crippen molar-refractivity contribution >= 4 is 17.5 Å². The van der Waals surface area contributed by atoms with Crippen LogP contribution in [0, 0.1) is 27.7 Å². The number of amides is 2. The van der Waals surface area contributed by atoms with Crippen LogP contribution in [-0.2, 0) is 24.3 Å². The van der Waals surface area contributed by atoms with Crippen molar-refractivity contribution in [3.8, 4) is 0 Å². The van der Waals surface area contributed by atoms with Crippen LogP contribution in [0.4, 0.5) is 0 Å². The number of nitrogens with zero attached hydrogens (tertiary/aromatic N) is 5. The molecule has 0 fully saturated rings. The van der Waals surface area contributed by atoms with Gasteiger partial charge in [0.25, 0.3) is 5.91 Å². The normalized spacial score (nSPS) is 11.2. The number of carbonyl (C=O) groups excluding carboxylic acids is 2. The van der Waals surface area contributed by atoms with E-state index >= 15 is 0 Å². The zero-order chi connectivity index (χ0) is 24.4. The topological polar surface area (TPSA) is 120 Å². The van der Waals surface area contributed by atoms with Gasteiger partial charge in [0, 0.05) is 35.6 Å². The maximum absolute atomic E-state index is 12.7. The molecule has 9 nitrogen and oxygen atoms in total. The fourth-order valence-corrected chi connectivity index (χ4v) is 4.28. The van der Waals surface area contributed by atoms with Crippen molar-refractivity contribution < 1.29 is 9.59 Å². The number of aromatic nitrogens is 5. The summed E-state index contributed by atoms with van der Waals surface area (Å²) in [5, 5.41) is 7.69. The zero-order valence-corrected chi connectivity index (χ0v) is 19.9. The SMILES string of the molecule is Cc1nn(Cc2ccccc2)c(C)c1CNC(=O)CCc1c(C)nc2c(C(N)=O)ncn2c1C. The lowest BCUT2D eigenvalue weighted by molar-refractivity contribution is -0.121. The predicted octanol–water partition coefficient (Wildman–Crippen LogP) is 2.56. The summed E-state index contributed by atoms with van der Waals surface area (Å²) in [6.45, 7) is 8.92. The Morgan fingerprint density at radius 1 is 1.00 bits per heavy atom. The third-order valence-corrected chi connectivity index (χ3v) is 6.26. The number of benzene rings is 1. The lowest BCUT2D eigenvalue weighted by atomic mass is 10.1. The molecule has 3 N–H and O–H groups in total. The molecule has 0 aliphatic carbocycles. The molecule has 0 aliphatic rings. The van der Waals surface area contributed by atoms with Gasteiger partial charge in [-0.2, -0.15) is 5.10 Å². The number of hydrogen-bond donors (Lipinski definition) is 2. The standard InChI is InChI=1S/C25H29N7O2/c1-15-20(17(3)31-14-28-23(24(26)34)25(31)29-15)10-11-22(33)27-12-21-16(2)30-32(18(21)4)13-19-8-6-5-7-9-19/h5-9,14H,10-13H2,1-4H3,(H2,26,34)(H,27,33). The van der Waals surface area contributed by atoms with Gasteiger partial charge in [-0.15, -0.1) is 0 Å². The molecule has 0 bridgehead atoms. The highest BCUT2D eigenvalue weighted by Gasteiger charge is 2.18. The summed E-state index contributed by atoms with van der Waals surface area (Å²) in [7, 11) is 0. The van der Waals surface area contributed by atoms with Gasteiger partial charge in [-0.25, -0.2) is 9.97 Å². The molecule has 0 unspecified atom stereocenters. The maximum Gasteiger partial charge on any atom is 0.271 e. The molecule has 34 heavy (non-hydrogen) atoms. The van der Waals surface area contributed by atoms with Gasteiger partial charge in [0.1, 0.15) is 6.33 Å². The molecule has 0 saturated heterocycles. The fourth-order valence-electron chi connectivity index (χ4n) is 4.28. The quantitative estimate of drug-likeness (QED) is 0.420. The van der Waals surface area contributed by atoms with Crippen LogP contribution >= 0.6 is 0 Å². The van der Waals surface area contributed by atoms with E-state index in [1.807, 2.05) is 50.6 Å². The Kier molecular flexibility index (Phi) is 6.45. The molecular formula is C25H29N7O2. The minimum Gasteiger partial charge on any atom is -0.364 e. The first-order valence-corrected chi connectivity index (χ1v) is 11.2. The maximum atomic E-state index is 12.7. The average molecular weight is 460 g/mol. The van der Waals surface area contributed by atoms with Crippen molar-refractivity contribution in [3.63, 3.8) is 0 Å². The molecule has 176 valence electrons. The van der Waals surface area contributed by atoms with Gasteiger partial charge in [-0.3, -0.25) is 18.7 Å². The lowest BCUT2D eigenvalue weighted by Gasteiger charge is -2.12. The molecule has 1 aromatic carbocycles. The van der Waals surface area contributed by atoms with E-state index < -0.39 is 5.91 Å². The Bertz CT molecular complexity index is 1370. The van der Waals surface area contributed by atoms with E-state index in [9.17, 15) is 9.59 Å². The van der Waals surface area contributed by atoms with Gasteiger partial charge in [-0.05, 0) is 45.2 Å². The highest BCUT2D eigenvalue weighted by Crippen LogP contribution is 2.19. The molecule has 4 aromatic rings. The summed E-state index contributed by atoms with van der Waals surface area (Å²) < 4.78 is 3.72. The van der Waals surface area contributed by atoms with Gasteiger partial charge in [-0.1, -0.05) is 30.3 Å². The van der Waals surface area contributed by atoms with Crippen molar-refractivity contribution in [3.05, 3.63) is 81.8 Å². The van der Waals surface area contributed by atoms with Gasteiger partial charge >= 0.3 is 0 Å². The van der Waals surface area contributed by atoms with E-state index in [1.54, 1.807) is 10.7 Å². The molecule has 3 aromatic heterocycles. The summed E-state index contributed by atoms with van der Waals surface area (Å²) in [6, 6.07) is 10.2. The Hall–Kier alpha value is -4.01. The van der Waals surface area contributed by atoms with E-state index in [0.717, 1.165) is 33.9 Å². The van der Waals surface area contributed by atoms with Crippen molar-refractivity contribution in [2.45, 2.75) is 53.6 Å². The van der Waals surface area contributed by atoms with Crippen LogP contribution in [0.2, 0.25) is 0 Å². The number of primary amides is 1. The van der Waals surface area contributed by atoms with E-state index in [0.29, 0.717) is 31.6 Å². The number of hydrogen-bond acceptors (Lipinski definition) is 5. The molecule has 3 heterocycles. The predicted molar refractivity (Wildman–Crippen MR) is 128 cm³/mol. The summed E-state index contributed by atoms with van der Waals surface area (Å²) in [5.74, 6) is -0.657. The van der Waals surface area contributed by atoms with Crippen molar-refractivity contribution in [1.82, 2.24) is 29.5 Å². The smallest absolute Gasteiger partial charge is 0.271 e. The van der Waals surface area contributed by atoms with Crippen molar-refractivity contribution in [2.24, 2.45) is 5.73 Å². The number of rotatable bonds is 8. The second-order valence-electron chi connectivity index (χ2n) is 8.48. The monoisotopic (exact) mass is 459 g/mol. The summed E-state index contributed by atoms with van der Waals surface area (Å²) >= 11 is 0. The second-order valence-corrected chi connectivity index (χ2v) is 8.48. The number of fused-ring (bicyclic) bond motifs is 1. The number of carbonyl (C=O) groups is 2. The molecular weight excluding hydrogens is 430 g/mol. The molecule has 0 spiro atoms. The molecule has 0 radical (unpaired) electrons. The molecule has 0 atom stereocenters. The highest BCUT2D eigenvalue weighted by atomic mass is 16.2. The van der Waals surface area contributed by atoms with Crippen LogP contribution in [0.3, 0.4) is 0 Å². The Morgan fingerprint density at radius 2 is 1.74 bits per heavy atom. The van der Waals surface area contributed by atoms with Gasteiger partial charge in [0.15, 0.2) is 11.3 Å². The molecule has 4 rings (SSSR count). The largest absolute Gasteiger partial charge is 0.364 e. The Morgan fingerprint density at radius 3 is 2.44 bits per heavy atom. The van der Waals surface area contributed by atoms with Crippen molar-refractivity contribution in [1.29, 1.82) is 0 Å². The Balaban J connectivity index is 1.41. The van der Waals surface area contributed by atoms with Gasteiger partial charge in [0.05, 0.1) is 12.2 Å². The summed E-state index contributed by atoms with van der Waals surface area (Å²) in [5.41, 5.74) is 12.8. The van der Waals surface area contributed by atoms with Crippen LogP contribution in [0.5, 0.6) is 0 Å². The van der Waals surface area contributed by atoms with Crippen LogP contribution in [0.25, 0.3) is 5.65 Å². The van der Waals surface area contributed by atoms with E-state index in [2.05, 4.69) is 32.5 Å². The molecule has 0 aliphatic heterocycles. The first-order valence-electron chi connectivity index (χ1n) is 11.2. The molecule has 9 heteroatoms. The van der Waals surface area contributed by atoms with Crippen molar-refractivity contribution in [2.75, 3.05) is 0 Å². The Labute approximate surface area is 198 Å². The number of nitrogens with two attached hydrogens (primary N) is 1. The summed E-state index contributed by atoms with van der Waals surface area (Å²) in [4.78, 5) is 32.8. The third-order valence-electron chi connectivity index (χ3n) is 6.26. The third kappa shape index (κ3) is 4.54. The molecule has 0 saturated carbocycles. The first-order chi connectivity index (χ1) is 16.3. The van der Waals surface area contributed by atoms with E-state index in [1.165, 1.54) is 5.56 Å². The number of imidazole rings is 1. The highest BCUT2D eigenvalue weighted by molar-refractivity contribution is 5.96. The summed E-state index contributed by atoms with van der Waals surface area (Å²) in [6.07, 6.45) is 2.39. The van der Waals surface area contributed by atoms with E-state index in [-0.39, 0.29) is 11.6 Å². The van der Waals surface area contributed by atoms with Crippen LogP contribution < -0.4 is 11.1 Å². The van der Waals surface area contributed by atoms with E-state index in [4.69, 9.17) is 5.73 Å². The molecule has 2 amide bonds. The van der Waals surface area contributed by atoms with Gasteiger partial charge in [0.2, 0.25) is 5.91 Å². The minimum atomic E-state index is -0.612. The van der Waals surface area contributed by atoms with Crippen LogP contribution in [0.1, 0.15) is 56.4 Å². The second kappa shape index (κ2) is 9.46. The van der Waals surface area contributed by atoms with Crippen LogP contribution in [-0.4, -0.2) is 36.0 Å². The fraction of sp³-hybridized carbons (Fsp3) is 0.320. The number of nitrogens with one attached hydrogen (secondary N) is 1. The minimum absolute atomic E-state index is 0.0445. The number of aryl methyl sites for hydroxylation is 3. The van der Waals surface area contributed by atoms with Crippen LogP contribution in [0.15, 0.2) is 36.7 Å². The lowest BCUT2D eigenvalue weighted by Crippen LogP contribution is -2.24. The van der Waals surface area contributed by atoms with Gasteiger partial charge < -0.3 is 11.1 Å².